The number of nitrogens with one attached hydrogen (secondary N) is 1. The van der Waals surface area contributed by atoms with Gasteiger partial charge in [0.25, 0.3) is 0 Å². The van der Waals surface area contributed by atoms with E-state index in [1.54, 1.807) is 19.5 Å². The van der Waals surface area contributed by atoms with Gasteiger partial charge >= 0.3 is 0 Å². The van der Waals surface area contributed by atoms with Gasteiger partial charge < -0.3 is 4.74 Å². The van der Waals surface area contributed by atoms with E-state index in [0.717, 1.165) is 24.3 Å². The van der Waals surface area contributed by atoms with Crippen LogP contribution in [-0.2, 0) is 4.74 Å². The van der Waals surface area contributed by atoms with E-state index in [1.807, 2.05) is 0 Å². The number of nitrogens with zero attached hydrogens (tertiary/aromatic N) is 2. The highest BCUT2D eigenvalue weighted by molar-refractivity contribution is 5.16. The lowest BCUT2D eigenvalue weighted by molar-refractivity contribution is -0.0763. The van der Waals surface area contributed by atoms with Crippen LogP contribution in [0, 0.1) is 5.92 Å². The van der Waals surface area contributed by atoms with Crippen LogP contribution in [0.1, 0.15) is 44.2 Å². The third-order valence-electron chi connectivity index (χ3n) is 4.13. The molecule has 0 spiro atoms. The largest absolute Gasteiger partial charge is 0.376 e. The van der Waals surface area contributed by atoms with E-state index < -0.39 is 0 Å². The number of rotatable bonds is 4. The minimum Gasteiger partial charge on any atom is -0.376 e. The quantitative estimate of drug-likeness (QED) is 0.627. The van der Waals surface area contributed by atoms with Gasteiger partial charge in [-0.3, -0.25) is 5.84 Å². The van der Waals surface area contributed by atoms with E-state index >= 15 is 0 Å². The summed E-state index contributed by atoms with van der Waals surface area (Å²) in [4.78, 5) is 8.13. The molecule has 1 atom stereocenters. The van der Waals surface area contributed by atoms with E-state index in [0.29, 0.717) is 0 Å². The standard InChI is InChI=1S/C13H22N4O/c1-10-3-5-13(18-2,6-4-10)12(17-14)11-7-15-9-16-8-11/h7-10,12,17H,3-6,14H2,1-2H3. The fourth-order valence-electron chi connectivity index (χ4n) is 2.87. The summed E-state index contributed by atoms with van der Waals surface area (Å²) < 4.78 is 5.84. The van der Waals surface area contributed by atoms with Crippen molar-refractivity contribution in [2.45, 2.75) is 44.2 Å². The zero-order chi connectivity index (χ0) is 13.0. The maximum atomic E-state index is 5.84. The molecule has 0 aromatic carbocycles. The highest BCUT2D eigenvalue weighted by atomic mass is 16.5. The first-order valence-electron chi connectivity index (χ1n) is 6.48. The van der Waals surface area contributed by atoms with Gasteiger partial charge in [-0.15, -0.1) is 0 Å². The predicted octanol–water partition coefficient (Wildman–Crippen LogP) is 1.58. The van der Waals surface area contributed by atoms with Crippen molar-refractivity contribution in [2.24, 2.45) is 11.8 Å². The molecule has 3 N–H and O–H groups in total. The van der Waals surface area contributed by atoms with Gasteiger partial charge in [0, 0.05) is 25.1 Å². The summed E-state index contributed by atoms with van der Waals surface area (Å²) in [6, 6.07) is -0.0591. The van der Waals surface area contributed by atoms with Crippen LogP contribution in [0.3, 0.4) is 0 Å². The number of methoxy groups -OCH3 is 1. The Balaban J connectivity index is 2.24. The summed E-state index contributed by atoms with van der Waals surface area (Å²) in [7, 11) is 1.77. The second kappa shape index (κ2) is 5.73. The fourth-order valence-corrected chi connectivity index (χ4v) is 2.87. The van der Waals surface area contributed by atoms with Gasteiger partial charge in [0.2, 0.25) is 0 Å². The first-order valence-corrected chi connectivity index (χ1v) is 6.48. The third-order valence-corrected chi connectivity index (χ3v) is 4.13. The lowest BCUT2D eigenvalue weighted by Crippen LogP contribution is -2.50. The Morgan fingerprint density at radius 2 is 2.00 bits per heavy atom. The van der Waals surface area contributed by atoms with Gasteiger partial charge in [-0.05, 0) is 31.6 Å². The van der Waals surface area contributed by atoms with Crippen LogP contribution in [0.5, 0.6) is 0 Å². The Bertz CT molecular complexity index is 363. The molecule has 100 valence electrons. The van der Waals surface area contributed by atoms with Crippen molar-refractivity contribution in [1.29, 1.82) is 0 Å². The summed E-state index contributed by atoms with van der Waals surface area (Å²) in [5.74, 6) is 6.51. The number of hydrazine groups is 1. The summed E-state index contributed by atoms with van der Waals surface area (Å²) in [6.45, 7) is 2.29. The van der Waals surface area contributed by atoms with Crippen LogP contribution in [0.4, 0.5) is 0 Å². The van der Waals surface area contributed by atoms with Gasteiger partial charge in [-0.25, -0.2) is 15.4 Å². The molecule has 5 nitrogen and oxygen atoms in total. The van der Waals surface area contributed by atoms with Crippen LogP contribution in [0.25, 0.3) is 0 Å². The topological polar surface area (TPSA) is 73.1 Å². The molecule has 18 heavy (non-hydrogen) atoms. The molecular weight excluding hydrogens is 228 g/mol. The van der Waals surface area contributed by atoms with Crippen LogP contribution in [0.15, 0.2) is 18.7 Å². The normalized spacial score (nSPS) is 30.1. The van der Waals surface area contributed by atoms with Crippen molar-refractivity contribution >= 4 is 0 Å². The highest BCUT2D eigenvalue weighted by Gasteiger charge is 2.42. The number of nitrogens with two attached hydrogens (primary N) is 1. The van der Waals surface area contributed by atoms with Crippen molar-refractivity contribution in [3.63, 3.8) is 0 Å². The first kappa shape index (κ1) is 13.4. The SMILES string of the molecule is COC1(C(NN)c2cncnc2)CCC(C)CC1. The maximum absolute atomic E-state index is 5.84. The summed E-state index contributed by atoms with van der Waals surface area (Å²) in [5.41, 5.74) is 3.63. The van der Waals surface area contributed by atoms with Gasteiger partial charge in [-0.1, -0.05) is 6.92 Å². The lowest BCUT2D eigenvalue weighted by Gasteiger charge is -2.43. The van der Waals surface area contributed by atoms with E-state index in [9.17, 15) is 0 Å². The molecule has 2 rings (SSSR count). The Kier molecular flexibility index (Phi) is 4.27. The van der Waals surface area contributed by atoms with Gasteiger partial charge in [-0.2, -0.15) is 0 Å². The molecule has 0 bridgehead atoms. The molecular formula is C13H22N4O. The van der Waals surface area contributed by atoms with Crippen LogP contribution >= 0.6 is 0 Å². The average Bonchev–Trinajstić information content (AvgIpc) is 2.43. The highest BCUT2D eigenvalue weighted by Crippen LogP contribution is 2.42. The Morgan fingerprint density at radius 3 is 2.50 bits per heavy atom. The van der Waals surface area contributed by atoms with E-state index in [4.69, 9.17) is 10.6 Å². The molecule has 5 heteroatoms. The number of hydrogen-bond acceptors (Lipinski definition) is 5. The molecule has 1 heterocycles. The second-order valence-corrected chi connectivity index (χ2v) is 5.22. The van der Waals surface area contributed by atoms with Crippen molar-refractivity contribution < 1.29 is 4.74 Å². The van der Waals surface area contributed by atoms with Crippen LogP contribution < -0.4 is 11.3 Å². The van der Waals surface area contributed by atoms with E-state index in [1.165, 1.54) is 19.2 Å². The monoisotopic (exact) mass is 250 g/mol. The van der Waals surface area contributed by atoms with Crippen LogP contribution in [0.2, 0.25) is 0 Å². The molecule has 0 radical (unpaired) electrons. The minimum absolute atomic E-state index is 0.0591. The predicted molar refractivity (Wildman–Crippen MR) is 69.5 cm³/mol. The lowest BCUT2D eigenvalue weighted by atomic mass is 9.74. The number of hydrogen-bond donors (Lipinski definition) is 2. The summed E-state index contributed by atoms with van der Waals surface area (Å²) in [5, 5.41) is 0. The Hall–Kier alpha value is -1.04. The van der Waals surface area contributed by atoms with Gasteiger partial charge in [0.15, 0.2) is 0 Å². The first-order chi connectivity index (χ1) is 8.72. The molecule has 1 saturated carbocycles. The Morgan fingerprint density at radius 1 is 1.39 bits per heavy atom. The molecule has 1 unspecified atom stereocenters. The van der Waals surface area contributed by atoms with Gasteiger partial charge in [0.05, 0.1) is 11.6 Å². The Labute approximate surface area is 108 Å². The molecule has 1 fully saturated rings. The minimum atomic E-state index is -0.244. The van der Waals surface area contributed by atoms with E-state index in [2.05, 4.69) is 22.3 Å². The summed E-state index contributed by atoms with van der Waals surface area (Å²) in [6.07, 6.45) is 9.48. The van der Waals surface area contributed by atoms with Crippen molar-refractivity contribution in [1.82, 2.24) is 15.4 Å². The summed E-state index contributed by atoms with van der Waals surface area (Å²) >= 11 is 0. The molecule has 1 aliphatic carbocycles. The zero-order valence-corrected chi connectivity index (χ0v) is 11.1. The van der Waals surface area contributed by atoms with Crippen molar-refractivity contribution in [3.05, 3.63) is 24.3 Å². The third kappa shape index (κ3) is 2.53. The smallest absolute Gasteiger partial charge is 0.115 e. The van der Waals surface area contributed by atoms with Crippen molar-refractivity contribution in [3.8, 4) is 0 Å². The van der Waals surface area contributed by atoms with Gasteiger partial charge in [0.1, 0.15) is 6.33 Å². The zero-order valence-electron chi connectivity index (χ0n) is 11.1. The molecule has 0 aliphatic heterocycles. The van der Waals surface area contributed by atoms with Crippen molar-refractivity contribution in [2.75, 3.05) is 7.11 Å². The molecule has 1 aromatic heterocycles. The molecule has 1 aromatic rings. The maximum Gasteiger partial charge on any atom is 0.115 e. The second-order valence-electron chi connectivity index (χ2n) is 5.22. The molecule has 1 aliphatic rings. The fraction of sp³-hybridized carbons (Fsp3) is 0.692. The average molecular weight is 250 g/mol. The number of aromatic nitrogens is 2. The van der Waals surface area contributed by atoms with E-state index in [-0.39, 0.29) is 11.6 Å². The molecule has 0 saturated heterocycles. The molecule has 0 amide bonds. The van der Waals surface area contributed by atoms with Crippen LogP contribution in [-0.4, -0.2) is 22.7 Å². The number of ether oxygens (including phenoxy) is 1.